The summed E-state index contributed by atoms with van der Waals surface area (Å²) in [5.41, 5.74) is 1.82. The standard InChI is InChI=1S/C25H26N4O5/c1-18(21-10-6-7-14-26-21)27-22-12-11-20(16-23(22)29(32)33)25(31)28(15-13-24(30)34-2)17-19-8-4-3-5-9-19/h3-12,14,16,18,27H,13,15,17H2,1-2H3. The summed E-state index contributed by atoms with van der Waals surface area (Å²) in [6.45, 7) is 2.21. The molecule has 1 aromatic heterocycles. The number of amides is 1. The molecule has 3 rings (SSSR count). The van der Waals surface area contributed by atoms with Crippen LogP contribution < -0.4 is 5.32 Å². The number of carbonyl (C=O) groups excluding carboxylic acids is 2. The molecule has 34 heavy (non-hydrogen) atoms. The smallest absolute Gasteiger partial charge is 0.307 e. The summed E-state index contributed by atoms with van der Waals surface area (Å²) >= 11 is 0. The fourth-order valence-corrected chi connectivity index (χ4v) is 3.44. The first-order chi connectivity index (χ1) is 16.4. The molecular formula is C25H26N4O5. The maximum atomic E-state index is 13.3. The Hall–Kier alpha value is -4.27. The van der Waals surface area contributed by atoms with E-state index in [0.29, 0.717) is 0 Å². The summed E-state index contributed by atoms with van der Waals surface area (Å²) in [7, 11) is 1.28. The topological polar surface area (TPSA) is 115 Å². The number of nitro benzene ring substituents is 1. The molecule has 0 spiro atoms. The highest BCUT2D eigenvalue weighted by Gasteiger charge is 2.23. The van der Waals surface area contributed by atoms with Crippen LogP contribution in [0.4, 0.5) is 11.4 Å². The first kappa shape index (κ1) is 24.4. The van der Waals surface area contributed by atoms with Crippen LogP contribution in [-0.2, 0) is 16.1 Å². The van der Waals surface area contributed by atoms with Crippen molar-refractivity contribution < 1.29 is 19.2 Å². The van der Waals surface area contributed by atoms with E-state index in [1.165, 1.54) is 24.1 Å². The average molecular weight is 463 g/mol. The third-order valence-corrected chi connectivity index (χ3v) is 5.26. The number of benzene rings is 2. The Balaban J connectivity index is 1.86. The van der Waals surface area contributed by atoms with Crippen molar-refractivity contribution in [3.05, 3.63) is 99.9 Å². The first-order valence-corrected chi connectivity index (χ1v) is 10.7. The molecule has 0 saturated heterocycles. The summed E-state index contributed by atoms with van der Waals surface area (Å²) in [5.74, 6) is -0.861. The van der Waals surface area contributed by atoms with Crippen LogP contribution in [0.1, 0.15) is 41.0 Å². The second-order valence-electron chi connectivity index (χ2n) is 7.65. The van der Waals surface area contributed by atoms with Crippen LogP contribution in [0.2, 0.25) is 0 Å². The van der Waals surface area contributed by atoms with Crippen LogP contribution in [0.3, 0.4) is 0 Å². The van der Waals surface area contributed by atoms with E-state index < -0.39 is 16.8 Å². The lowest BCUT2D eigenvalue weighted by Gasteiger charge is -2.23. The van der Waals surface area contributed by atoms with E-state index >= 15 is 0 Å². The van der Waals surface area contributed by atoms with Gasteiger partial charge < -0.3 is 15.0 Å². The van der Waals surface area contributed by atoms with E-state index in [4.69, 9.17) is 4.74 Å². The van der Waals surface area contributed by atoms with Crippen LogP contribution in [0.15, 0.2) is 72.9 Å². The van der Waals surface area contributed by atoms with E-state index in [1.807, 2.05) is 49.4 Å². The first-order valence-electron chi connectivity index (χ1n) is 10.7. The van der Waals surface area contributed by atoms with Gasteiger partial charge in [-0.15, -0.1) is 0 Å². The van der Waals surface area contributed by atoms with E-state index in [9.17, 15) is 19.7 Å². The van der Waals surface area contributed by atoms with Gasteiger partial charge in [-0.05, 0) is 36.8 Å². The van der Waals surface area contributed by atoms with Crippen LogP contribution in [-0.4, -0.2) is 40.3 Å². The number of nitrogens with one attached hydrogen (secondary N) is 1. The Labute approximate surface area is 197 Å². The summed E-state index contributed by atoms with van der Waals surface area (Å²) in [5, 5.41) is 14.9. The van der Waals surface area contributed by atoms with Gasteiger partial charge in [-0.25, -0.2) is 0 Å². The molecule has 0 bridgehead atoms. The van der Waals surface area contributed by atoms with Gasteiger partial charge in [0.05, 0.1) is 30.2 Å². The molecule has 3 aromatic rings. The van der Waals surface area contributed by atoms with Gasteiger partial charge in [0.25, 0.3) is 11.6 Å². The van der Waals surface area contributed by atoms with Gasteiger partial charge in [-0.3, -0.25) is 24.7 Å². The van der Waals surface area contributed by atoms with Crippen molar-refractivity contribution in [1.29, 1.82) is 0 Å². The number of hydrogen-bond acceptors (Lipinski definition) is 7. The minimum absolute atomic E-state index is 0.0123. The number of esters is 1. The zero-order chi connectivity index (χ0) is 24.5. The van der Waals surface area contributed by atoms with Crippen LogP contribution in [0, 0.1) is 10.1 Å². The van der Waals surface area contributed by atoms with Crippen molar-refractivity contribution in [3.63, 3.8) is 0 Å². The largest absolute Gasteiger partial charge is 0.469 e. The number of nitrogens with zero attached hydrogens (tertiary/aromatic N) is 3. The van der Waals surface area contributed by atoms with Crippen LogP contribution >= 0.6 is 0 Å². The molecule has 0 aliphatic heterocycles. The molecule has 1 unspecified atom stereocenters. The molecule has 0 radical (unpaired) electrons. The van der Waals surface area contributed by atoms with Crippen molar-refractivity contribution in [1.82, 2.24) is 9.88 Å². The highest BCUT2D eigenvalue weighted by Crippen LogP contribution is 2.29. The van der Waals surface area contributed by atoms with Crippen molar-refractivity contribution in [2.24, 2.45) is 0 Å². The lowest BCUT2D eigenvalue weighted by Crippen LogP contribution is -2.32. The normalized spacial score (nSPS) is 11.4. The van der Waals surface area contributed by atoms with Gasteiger partial charge in [-0.2, -0.15) is 0 Å². The molecule has 1 heterocycles. The number of anilines is 1. The van der Waals surface area contributed by atoms with Gasteiger partial charge in [-0.1, -0.05) is 36.4 Å². The predicted octanol–water partition coefficient (Wildman–Crippen LogP) is 4.37. The zero-order valence-electron chi connectivity index (χ0n) is 19.0. The number of carbonyl (C=O) groups is 2. The maximum Gasteiger partial charge on any atom is 0.307 e. The van der Waals surface area contributed by atoms with Crippen molar-refractivity contribution in [3.8, 4) is 0 Å². The summed E-state index contributed by atoms with van der Waals surface area (Å²) < 4.78 is 4.70. The number of aromatic nitrogens is 1. The summed E-state index contributed by atoms with van der Waals surface area (Å²) in [6.07, 6.45) is 1.66. The maximum absolute atomic E-state index is 13.3. The molecule has 1 amide bonds. The third kappa shape index (κ3) is 6.38. The number of rotatable bonds is 10. The van der Waals surface area contributed by atoms with Gasteiger partial charge in [0.1, 0.15) is 5.69 Å². The molecule has 2 aromatic carbocycles. The van der Waals surface area contributed by atoms with Gasteiger partial charge in [0.15, 0.2) is 0 Å². The molecule has 1 N–H and O–H groups in total. The SMILES string of the molecule is COC(=O)CCN(Cc1ccccc1)C(=O)c1ccc(NC(C)c2ccccn2)c([N+](=O)[O-])c1. The summed E-state index contributed by atoms with van der Waals surface area (Å²) in [6, 6.07) is 18.8. The quantitative estimate of drug-likeness (QED) is 0.270. The highest BCUT2D eigenvalue weighted by atomic mass is 16.6. The molecular weight excluding hydrogens is 436 g/mol. The Morgan fingerprint density at radius 3 is 2.50 bits per heavy atom. The molecule has 9 heteroatoms. The number of nitro groups is 1. The molecule has 0 aliphatic rings. The molecule has 9 nitrogen and oxygen atoms in total. The van der Waals surface area contributed by atoms with E-state index in [2.05, 4.69) is 10.3 Å². The minimum atomic E-state index is -0.528. The van der Waals surface area contributed by atoms with E-state index in [1.54, 1.807) is 18.3 Å². The Bertz CT molecular complexity index is 1140. The lowest BCUT2D eigenvalue weighted by molar-refractivity contribution is -0.384. The van der Waals surface area contributed by atoms with Gasteiger partial charge >= 0.3 is 5.97 Å². The number of ether oxygens (including phenoxy) is 1. The number of hydrogen-bond donors (Lipinski definition) is 1. The predicted molar refractivity (Wildman–Crippen MR) is 127 cm³/mol. The second kappa shape index (κ2) is 11.6. The van der Waals surface area contributed by atoms with E-state index in [-0.39, 0.29) is 42.5 Å². The zero-order valence-corrected chi connectivity index (χ0v) is 19.0. The fraction of sp³-hybridized carbons (Fsp3) is 0.240. The van der Waals surface area contributed by atoms with Crippen molar-refractivity contribution >= 4 is 23.3 Å². The monoisotopic (exact) mass is 462 g/mol. The molecule has 176 valence electrons. The van der Waals surface area contributed by atoms with Crippen molar-refractivity contribution in [2.75, 3.05) is 19.0 Å². The van der Waals surface area contributed by atoms with Crippen LogP contribution in [0.25, 0.3) is 0 Å². The lowest BCUT2D eigenvalue weighted by atomic mass is 10.1. The van der Waals surface area contributed by atoms with Crippen LogP contribution in [0.5, 0.6) is 0 Å². The molecule has 0 fully saturated rings. The molecule has 0 saturated carbocycles. The van der Waals surface area contributed by atoms with Gasteiger partial charge in [0, 0.05) is 30.9 Å². The van der Waals surface area contributed by atoms with Gasteiger partial charge in [0.2, 0.25) is 0 Å². The Kier molecular flexibility index (Phi) is 8.28. The average Bonchev–Trinajstić information content (AvgIpc) is 2.87. The molecule has 0 aliphatic carbocycles. The summed E-state index contributed by atoms with van der Waals surface area (Å²) in [4.78, 5) is 42.0. The fourth-order valence-electron chi connectivity index (χ4n) is 3.44. The second-order valence-corrected chi connectivity index (χ2v) is 7.65. The third-order valence-electron chi connectivity index (χ3n) is 5.26. The Morgan fingerprint density at radius 1 is 1.12 bits per heavy atom. The van der Waals surface area contributed by atoms with E-state index in [0.717, 1.165) is 11.3 Å². The number of pyridine rings is 1. The number of methoxy groups -OCH3 is 1. The Morgan fingerprint density at radius 2 is 1.85 bits per heavy atom. The minimum Gasteiger partial charge on any atom is -0.469 e. The molecule has 1 atom stereocenters. The van der Waals surface area contributed by atoms with Crippen molar-refractivity contribution in [2.45, 2.75) is 25.9 Å². The highest BCUT2D eigenvalue weighted by molar-refractivity contribution is 5.96.